The van der Waals surface area contributed by atoms with E-state index in [4.69, 9.17) is 0 Å². The molecule has 1 heterocycles. The number of rotatable bonds is 1. The second kappa shape index (κ2) is 4.20. The summed E-state index contributed by atoms with van der Waals surface area (Å²) in [5.74, 6) is 0. The molecule has 0 aromatic rings. The number of carbonyl (C=O) groups excluding carboxylic acids is 1. The third kappa shape index (κ3) is 3.20. The zero-order chi connectivity index (χ0) is 10.8. The number of urea groups is 1. The first-order chi connectivity index (χ1) is 6.40. The van der Waals surface area contributed by atoms with E-state index in [0.717, 1.165) is 25.9 Å². The van der Waals surface area contributed by atoms with Gasteiger partial charge in [-0.15, -0.1) is 0 Å². The van der Waals surface area contributed by atoms with Gasteiger partial charge in [-0.05, 0) is 25.2 Å². The van der Waals surface area contributed by atoms with Crippen molar-refractivity contribution in [3.8, 4) is 0 Å². The van der Waals surface area contributed by atoms with Crippen LogP contribution in [-0.2, 0) is 0 Å². The smallest absolute Gasteiger partial charge is 0.317 e. The van der Waals surface area contributed by atoms with Gasteiger partial charge < -0.3 is 10.2 Å². The van der Waals surface area contributed by atoms with E-state index < -0.39 is 0 Å². The number of amides is 2. The van der Waals surface area contributed by atoms with E-state index in [9.17, 15) is 4.79 Å². The Bertz CT molecular complexity index is 208. The van der Waals surface area contributed by atoms with Gasteiger partial charge in [0.1, 0.15) is 0 Å². The quantitative estimate of drug-likeness (QED) is 0.688. The second-order valence-electron chi connectivity index (χ2n) is 5.40. The molecule has 3 heteroatoms. The van der Waals surface area contributed by atoms with Gasteiger partial charge in [0.15, 0.2) is 0 Å². The van der Waals surface area contributed by atoms with Gasteiger partial charge >= 0.3 is 6.03 Å². The monoisotopic (exact) mass is 198 g/mol. The normalized spacial score (nSPS) is 22.6. The van der Waals surface area contributed by atoms with Crippen molar-refractivity contribution in [1.29, 1.82) is 0 Å². The largest absolute Gasteiger partial charge is 0.337 e. The molecule has 0 aromatic carbocycles. The molecule has 0 saturated carbocycles. The van der Waals surface area contributed by atoms with Crippen molar-refractivity contribution in [2.45, 2.75) is 46.6 Å². The van der Waals surface area contributed by atoms with Crippen LogP contribution in [0, 0.1) is 5.41 Å². The molecule has 2 amide bonds. The Balaban J connectivity index is 2.35. The fraction of sp³-hybridized carbons (Fsp3) is 0.909. The SMILES string of the molecule is CC1CCCN1C(=O)NCC(C)(C)C. The van der Waals surface area contributed by atoms with Gasteiger partial charge in [-0.2, -0.15) is 0 Å². The van der Waals surface area contributed by atoms with Crippen molar-refractivity contribution >= 4 is 6.03 Å². The standard InChI is InChI=1S/C11H22N2O/c1-9-6-5-7-13(9)10(14)12-8-11(2,3)4/h9H,5-8H2,1-4H3,(H,12,14). The maximum absolute atomic E-state index is 11.7. The molecule has 1 aliphatic rings. The molecule has 0 aromatic heterocycles. The third-order valence-electron chi connectivity index (χ3n) is 2.58. The Morgan fingerprint density at radius 1 is 1.50 bits per heavy atom. The summed E-state index contributed by atoms with van der Waals surface area (Å²) in [6, 6.07) is 0.514. The first-order valence-electron chi connectivity index (χ1n) is 5.44. The number of hydrogen-bond acceptors (Lipinski definition) is 1. The Hall–Kier alpha value is -0.730. The molecule has 0 aliphatic carbocycles. The molecule has 1 fully saturated rings. The minimum Gasteiger partial charge on any atom is -0.337 e. The summed E-state index contributed by atoms with van der Waals surface area (Å²) >= 11 is 0. The van der Waals surface area contributed by atoms with E-state index in [1.54, 1.807) is 0 Å². The van der Waals surface area contributed by atoms with E-state index in [0.29, 0.717) is 6.04 Å². The van der Waals surface area contributed by atoms with Crippen LogP contribution >= 0.6 is 0 Å². The minimum absolute atomic E-state index is 0.102. The second-order valence-corrected chi connectivity index (χ2v) is 5.40. The molecule has 1 N–H and O–H groups in total. The summed E-state index contributed by atoms with van der Waals surface area (Å²) in [6.45, 7) is 10.2. The molecule has 1 rings (SSSR count). The molecule has 82 valence electrons. The maximum atomic E-state index is 11.7. The van der Waals surface area contributed by atoms with Crippen LogP contribution < -0.4 is 5.32 Å². The van der Waals surface area contributed by atoms with Crippen LogP contribution in [0.4, 0.5) is 4.79 Å². The van der Waals surface area contributed by atoms with Gasteiger partial charge in [-0.1, -0.05) is 20.8 Å². The molecule has 0 radical (unpaired) electrons. The lowest BCUT2D eigenvalue weighted by atomic mass is 9.97. The molecule has 1 unspecified atom stereocenters. The van der Waals surface area contributed by atoms with Crippen LogP contribution in [0.3, 0.4) is 0 Å². The Labute approximate surface area is 86.9 Å². The van der Waals surface area contributed by atoms with Crippen molar-refractivity contribution in [3.63, 3.8) is 0 Å². The lowest BCUT2D eigenvalue weighted by Gasteiger charge is -2.25. The molecule has 14 heavy (non-hydrogen) atoms. The summed E-state index contributed by atoms with van der Waals surface area (Å²) in [4.78, 5) is 13.7. The van der Waals surface area contributed by atoms with E-state index in [2.05, 4.69) is 33.0 Å². The lowest BCUT2D eigenvalue weighted by molar-refractivity contribution is 0.191. The first-order valence-corrected chi connectivity index (χ1v) is 5.44. The van der Waals surface area contributed by atoms with E-state index in [1.807, 2.05) is 4.90 Å². The fourth-order valence-electron chi connectivity index (χ4n) is 1.68. The molecular weight excluding hydrogens is 176 g/mol. The summed E-state index contributed by atoms with van der Waals surface area (Å²) in [7, 11) is 0. The average Bonchev–Trinajstić information content (AvgIpc) is 2.46. The number of likely N-dealkylation sites (tertiary alicyclic amines) is 1. The van der Waals surface area contributed by atoms with Gasteiger partial charge in [0.2, 0.25) is 0 Å². The van der Waals surface area contributed by atoms with Crippen LogP contribution in [0.25, 0.3) is 0 Å². The topological polar surface area (TPSA) is 32.3 Å². The van der Waals surface area contributed by atoms with E-state index in [-0.39, 0.29) is 11.4 Å². The van der Waals surface area contributed by atoms with Gasteiger partial charge in [-0.25, -0.2) is 4.79 Å². The van der Waals surface area contributed by atoms with Crippen molar-refractivity contribution in [3.05, 3.63) is 0 Å². The molecular formula is C11H22N2O. The van der Waals surface area contributed by atoms with Crippen LogP contribution in [0.2, 0.25) is 0 Å². The zero-order valence-corrected chi connectivity index (χ0v) is 9.76. The summed E-state index contributed by atoms with van der Waals surface area (Å²) in [5, 5.41) is 2.98. The van der Waals surface area contributed by atoms with Crippen LogP contribution in [-0.4, -0.2) is 30.1 Å². The average molecular weight is 198 g/mol. The summed E-state index contributed by atoms with van der Waals surface area (Å²) in [6.07, 6.45) is 2.28. The highest BCUT2D eigenvalue weighted by Gasteiger charge is 2.25. The number of hydrogen-bond donors (Lipinski definition) is 1. The van der Waals surface area contributed by atoms with E-state index >= 15 is 0 Å². The molecule has 0 bridgehead atoms. The van der Waals surface area contributed by atoms with Gasteiger partial charge in [0.25, 0.3) is 0 Å². The maximum Gasteiger partial charge on any atom is 0.317 e. The first kappa shape index (κ1) is 11.3. The zero-order valence-electron chi connectivity index (χ0n) is 9.76. The molecule has 1 aliphatic heterocycles. The number of nitrogens with one attached hydrogen (secondary N) is 1. The fourth-order valence-corrected chi connectivity index (χ4v) is 1.68. The summed E-state index contributed by atoms with van der Waals surface area (Å²) < 4.78 is 0. The Kier molecular flexibility index (Phi) is 3.40. The molecule has 1 atom stereocenters. The molecule has 0 spiro atoms. The summed E-state index contributed by atoms with van der Waals surface area (Å²) in [5.41, 5.74) is 0.165. The van der Waals surface area contributed by atoms with Gasteiger partial charge in [0, 0.05) is 19.1 Å². The van der Waals surface area contributed by atoms with Crippen LogP contribution in [0.1, 0.15) is 40.5 Å². The van der Waals surface area contributed by atoms with Gasteiger partial charge in [0.05, 0.1) is 0 Å². The third-order valence-corrected chi connectivity index (χ3v) is 2.58. The number of carbonyl (C=O) groups is 1. The highest BCUT2D eigenvalue weighted by atomic mass is 16.2. The Morgan fingerprint density at radius 2 is 2.14 bits per heavy atom. The predicted octanol–water partition coefficient (Wildman–Crippen LogP) is 2.23. The van der Waals surface area contributed by atoms with E-state index in [1.165, 1.54) is 0 Å². The van der Waals surface area contributed by atoms with Crippen LogP contribution in [0.5, 0.6) is 0 Å². The highest BCUT2D eigenvalue weighted by Crippen LogP contribution is 2.17. The van der Waals surface area contributed by atoms with Crippen LogP contribution in [0.15, 0.2) is 0 Å². The van der Waals surface area contributed by atoms with Crippen molar-refractivity contribution in [2.24, 2.45) is 5.41 Å². The van der Waals surface area contributed by atoms with Crippen molar-refractivity contribution in [1.82, 2.24) is 10.2 Å². The van der Waals surface area contributed by atoms with Gasteiger partial charge in [-0.3, -0.25) is 0 Å². The predicted molar refractivity (Wildman–Crippen MR) is 58.3 cm³/mol. The lowest BCUT2D eigenvalue weighted by Crippen LogP contribution is -2.44. The molecule has 1 saturated heterocycles. The minimum atomic E-state index is 0.102. The molecule has 3 nitrogen and oxygen atoms in total. The number of nitrogens with zero attached hydrogens (tertiary/aromatic N) is 1. The Morgan fingerprint density at radius 3 is 2.57 bits per heavy atom. The van der Waals surface area contributed by atoms with Crippen molar-refractivity contribution < 1.29 is 4.79 Å². The van der Waals surface area contributed by atoms with Crippen molar-refractivity contribution in [2.75, 3.05) is 13.1 Å². The highest BCUT2D eigenvalue weighted by molar-refractivity contribution is 5.74.